The molecule has 2 unspecified atom stereocenters. The average Bonchev–Trinajstić information content (AvgIpc) is 3.40. The third kappa shape index (κ3) is 27.3. The summed E-state index contributed by atoms with van der Waals surface area (Å²) in [5.74, 6) is -8.46. The number of hydrogen-bond donors (Lipinski definition) is 11. The number of esters is 1. The van der Waals surface area contributed by atoms with Gasteiger partial charge in [0.05, 0.1) is 59.4 Å². The molecule has 0 radical (unpaired) electrons. The van der Waals surface area contributed by atoms with Gasteiger partial charge < -0.3 is 67.7 Å². The largest absolute Gasteiger partial charge is 0.463 e. The third-order valence-electron chi connectivity index (χ3n) is 11.4. The average molecular weight is 1190 g/mol. The van der Waals surface area contributed by atoms with E-state index < -0.39 is 140 Å². The van der Waals surface area contributed by atoms with Crippen LogP contribution in [-0.4, -0.2) is 184 Å². The van der Waals surface area contributed by atoms with Crippen LogP contribution in [-0.2, 0) is 74.9 Å². The number of benzene rings is 3. The molecule has 0 heterocycles. The Kier molecular flexibility index (Phi) is 29.4. The van der Waals surface area contributed by atoms with E-state index in [4.69, 9.17) is 15.2 Å². The zero-order valence-corrected chi connectivity index (χ0v) is 47.6. The second kappa shape index (κ2) is 34.9. The number of thioether (sulfide) groups is 1. The molecule has 3 rings (SSSR count). The van der Waals surface area contributed by atoms with Gasteiger partial charge >= 0.3 is 12.1 Å². The highest BCUT2D eigenvalue weighted by molar-refractivity contribution is 7.99. The molecule has 30 heteroatoms. The molecule has 0 aliphatic rings. The fourth-order valence-corrected chi connectivity index (χ4v) is 9.43. The summed E-state index contributed by atoms with van der Waals surface area (Å²) in [4.78, 5) is 105. The van der Waals surface area contributed by atoms with Crippen LogP contribution in [0.5, 0.6) is 0 Å². The highest BCUT2D eigenvalue weighted by Crippen LogP contribution is 2.20. The maximum Gasteiger partial charge on any atom is 0.407 e. The first kappa shape index (κ1) is 68.2. The first-order valence-electron chi connectivity index (χ1n) is 25.4. The SMILES string of the molecule is CC(=O)NCSC[C@H](NC(=O)[C@H](CO)NC(=O)[C@@H](NC(=O)[C@H](Cc1ccccc1)NC(=O)[C@@H](NC(=O)[C@@H](N)CCCCNC(=O)OCCS(C)(=O)=O)C(C)O)C(C)O)C(=O)OCCS(=O)(=O)Cc1ccc(N=Nc2ccccc2)cc1. The fraction of sp³-hybridized carbons (Fsp3) is 0.490. The van der Waals surface area contributed by atoms with E-state index in [1.165, 1.54) is 13.8 Å². The smallest absolute Gasteiger partial charge is 0.407 e. The molecule has 0 aliphatic carbocycles. The molecule has 0 bridgehead atoms. The number of carbonyl (C=O) groups excluding carboxylic acids is 8. The zero-order valence-electron chi connectivity index (χ0n) is 45.1. The van der Waals surface area contributed by atoms with Gasteiger partial charge in [-0.15, -0.1) is 11.8 Å². The monoisotopic (exact) mass is 1190 g/mol. The first-order chi connectivity index (χ1) is 38.3. The highest BCUT2D eigenvalue weighted by Gasteiger charge is 2.36. The molecule has 27 nitrogen and oxygen atoms in total. The number of aliphatic hydroxyl groups excluding tert-OH is 3. The molecule has 12 N–H and O–H groups in total. The molecule has 0 aliphatic heterocycles. The van der Waals surface area contributed by atoms with Crippen molar-refractivity contribution >= 4 is 90.3 Å². The van der Waals surface area contributed by atoms with Crippen LogP contribution in [0.15, 0.2) is 95.2 Å². The number of nitrogens with zero attached hydrogens (tertiary/aromatic N) is 2. The summed E-state index contributed by atoms with van der Waals surface area (Å²) in [7, 11) is -7.19. The van der Waals surface area contributed by atoms with Gasteiger partial charge in [-0.1, -0.05) is 60.7 Å². The normalized spacial score (nSPS) is 14.5. The summed E-state index contributed by atoms with van der Waals surface area (Å²) in [5, 5.41) is 56.6. The van der Waals surface area contributed by atoms with Crippen molar-refractivity contribution in [3.8, 4) is 0 Å². The molecule has 0 saturated heterocycles. The molecule has 7 amide bonds. The summed E-state index contributed by atoms with van der Waals surface area (Å²) >= 11 is 0.968. The van der Waals surface area contributed by atoms with Crippen LogP contribution in [0.25, 0.3) is 0 Å². The number of nitrogens with two attached hydrogens (primary N) is 1. The number of alkyl carbamates (subject to hydrolysis) is 1. The van der Waals surface area contributed by atoms with Crippen LogP contribution in [0, 0.1) is 0 Å². The molecule has 81 heavy (non-hydrogen) atoms. The van der Waals surface area contributed by atoms with Gasteiger partial charge in [0.2, 0.25) is 35.4 Å². The maximum atomic E-state index is 14.0. The Morgan fingerprint density at radius 3 is 1.73 bits per heavy atom. The third-order valence-corrected chi connectivity index (χ3v) is 14.8. The summed E-state index contributed by atoms with van der Waals surface area (Å²) in [5.41, 5.74) is 8.09. The van der Waals surface area contributed by atoms with Crippen molar-refractivity contribution in [2.45, 2.75) is 101 Å². The number of hydrogen-bond acceptors (Lipinski definition) is 21. The summed E-state index contributed by atoms with van der Waals surface area (Å²) in [6.07, 6.45) is -2.60. The highest BCUT2D eigenvalue weighted by atomic mass is 32.2. The van der Waals surface area contributed by atoms with Crippen LogP contribution >= 0.6 is 11.8 Å². The van der Waals surface area contributed by atoms with Gasteiger partial charge in [-0.25, -0.2) is 26.4 Å². The van der Waals surface area contributed by atoms with Crippen LogP contribution in [0.1, 0.15) is 51.2 Å². The number of unbranched alkanes of at least 4 members (excludes halogenated alkanes) is 1. The lowest BCUT2D eigenvalue weighted by molar-refractivity contribution is -0.147. The van der Waals surface area contributed by atoms with E-state index in [1.807, 2.05) is 6.07 Å². The molecule has 3 aromatic carbocycles. The predicted octanol–water partition coefficient (Wildman–Crippen LogP) is -0.924. The lowest BCUT2D eigenvalue weighted by atomic mass is 10.0. The summed E-state index contributed by atoms with van der Waals surface area (Å²) < 4.78 is 58.6. The Bertz CT molecular complexity index is 2800. The second-order valence-corrected chi connectivity index (χ2v) is 24.0. The topological polar surface area (TPSA) is 419 Å². The number of nitrogens with one attached hydrogen (secondary N) is 7. The van der Waals surface area contributed by atoms with Crippen molar-refractivity contribution in [2.75, 3.05) is 55.8 Å². The minimum atomic E-state index is -3.86. The van der Waals surface area contributed by atoms with Gasteiger partial charge in [0, 0.05) is 31.9 Å². The van der Waals surface area contributed by atoms with Crippen molar-refractivity contribution in [3.05, 3.63) is 96.1 Å². The van der Waals surface area contributed by atoms with Gasteiger partial charge in [-0.05, 0) is 68.5 Å². The van der Waals surface area contributed by atoms with E-state index in [1.54, 1.807) is 78.9 Å². The van der Waals surface area contributed by atoms with Crippen LogP contribution in [0.4, 0.5) is 16.2 Å². The molecule has 446 valence electrons. The van der Waals surface area contributed by atoms with Crippen molar-refractivity contribution < 1.29 is 80.0 Å². The van der Waals surface area contributed by atoms with Crippen molar-refractivity contribution in [3.63, 3.8) is 0 Å². The Balaban J connectivity index is 1.66. The number of carbonyl (C=O) groups is 8. The lowest BCUT2D eigenvalue weighted by Crippen LogP contribution is -2.63. The lowest BCUT2D eigenvalue weighted by Gasteiger charge is -2.28. The molecule has 3 aromatic rings. The molecular weight excluding hydrogens is 1120 g/mol. The Labute approximate surface area is 474 Å². The number of sulfone groups is 2. The standard InChI is InChI=1S/C51H72N10O17S3/c1-32(63)43(58-45(66)39(52)17-11-12-22-53-51(72)78-23-25-80(4,73)74)48(69)55-40(27-35-13-7-5-8-14-35)46(67)59-44(33(2)64)49(70)56-41(28-62)47(68)57-42(29-79-31-54-34(3)65)50(71)77-24-26-81(75,76)30-36-18-20-38(21-19-36)61-60-37-15-9-6-10-16-37/h5-10,13-16,18-21,32-33,39-44,62-64H,11-12,17,22-31,52H2,1-4H3,(H,53,72)(H,54,65)(H,55,69)(H,56,70)(H,57,68)(H,58,66)(H,59,67)/t32?,33?,39-,40-,41-,42-,43-,44-/m0/s1. The molecule has 0 fully saturated rings. The van der Waals surface area contributed by atoms with Gasteiger partial charge in [-0.2, -0.15) is 10.2 Å². The fourth-order valence-electron chi connectivity index (χ4n) is 6.98. The Morgan fingerprint density at radius 2 is 1.16 bits per heavy atom. The van der Waals surface area contributed by atoms with E-state index in [2.05, 4.69) is 47.4 Å². The number of aliphatic hydroxyl groups is 3. The van der Waals surface area contributed by atoms with E-state index in [9.17, 15) is 70.5 Å². The predicted molar refractivity (Wildman–Crippen MR) is 298 cm³/mol. The molecule has 0 saturated carbocycles. The quantitative estimate of drug-likeness (QED) is 0.0147. The maximum absolute atomic E-state index is 14.0. The van der Waals surface area contributed by atoms with Gasteiger partial charge in [0.25, 0.3) is 0 Å². The molecule has 0 spiro atoms. The van der Waals surface area contributed by atoms with E-state index >= 15 is 0 Å². The Hall–Kier alpha value is -7.09. The van der Waals surface area contributed by atoms with Crippen LogP contribution in [0.3, 0.4) is 0 Å². The van der Waals surface area contributed by atoms with Gasteiger partial charge in [0.15, 0.2) is 19.7 Å². The van der Waals surface area contributed by atoms with Crippen molar-refractivity contribution in [1.82, 2.24) is 37.2 Å². The molecule has 0 aromatic heterocycles. The van der Waals surface area contributed by atoms with E-state index in [0.717, 1.165) is 24.9 Å². The van der Waals surface area contributed by atoms with Gasteiger partial charge in [-0.3, -0.25) is 28.8 Å². The summed E-state index contributed by atoms with van der Waals surface area (Å²) in [6, 6.07) is 13.8. The summed E-state index contributed by atoms with van der Waals surface area (Å²) in [6.45, 7) is 1.63. The van der Waals surface area contributed by atoms with Gasteiger partial charge in [0.1, 0.15) is 43.4 Å². The van der Waals surface area contributed by atoms with Crippen LogP contribution in [0.2, 0.25) is 0 Å². The van der Waals surface area contributed by atoms with E-state index in [-0.39, 0.29) is 43.4 Å². The number of amides is 7. The first-order valence-corrected chi connectivity index (χ1v) is 30.4. The zero-order chi connectivity index (χ0) is 60.1. The molecular formula is C51H72N10O17S3. The number of rotatable bonds is 35. The van der Waals surface area contributed by atoms with E-state index in [0.29, 0.717) is 35.3 Å². The second-order valence-electron chi connectivity index (χ2n) is 18.5. The number of azo groups is 1. The minimum Gasteiger partial charge on any atom is -0.463 e. The Morgan fingerprint density at radius 1 is 0.630 bits per heavy atom. The minimum absolute atomic E-state index is 0.0253. The van der Waals surface area contributed by atoms with Crippen molar-refractivity contribution in [2.24, 2.45) is 16.0 Å². The van der Waals surface area contributed by atoms with Crippen molar-refractivity contribution in [1.29, 1.82) is 0 Å². The number of ether oxygens (including phenoxy) is 2. The van der Waals surface area contributed by atoms with Crippen LogP contribution < -0.4 is 43.0 Å². The molecule has 8 atom stereocenters.